The number of rotatable bonds is 3. The van der Waals surface area contributed by atoms with Gasteiger partial charge in [-0.2, -0.15) is 0 Å². The van der Waals surface area contributed by atoms with E-state index in [1.807, 2.05) is 0 Å². The first-order valence-corrected chi connectivity index (χ1v) is 7.81. The van der Waals surface area contributed by atoms with E-state index in [0.717, 1.165) is 0 Å². The largest absolute Gasteiger partial charge is 0.264 e. The lowest BCUT2D eigenvalue weighted by atomic mass is 10.2. The van der Waals surface area contributed by atoms with Crippen LogP contribution < -0.4 is 4.72 Å². The van der Waals surface area contributed by atoms with Crippen molar-refractivity contribution in [2.45, 2.75) is 18.7 Å². The summed E-state index contributed by atoms with van der Waals surface area (Å²) in [5.74, 6) is 0.163. The van der Waals surface area contributed by atoms with Crippen LogP contribution in [0.2, 0.25) is 10.0 Å². The van der Waals surface area contributed by atoms with Gasteiger partial charge >= 0.3 is 0 Å². The average Bonchev–Trinajstić information content (AvgIpc) is 2.36. The second kappa shape index (κ2) is 5.55. The number of nitrogens with one attached hydrogen (secondary N) is 1. The second-order valence-corrected chi connectivity index (χ2v) is 6.59. The maximum atomic E-state index is 12.3. The average molecular weight is 332 g/mol. The molecule has 1 heterocycles. The molecule has 0 aliphatic rings. The van der Waals surface area contributed by atoms with Crippen molar-refractivity contribution >= 4 is 39.0 Å². The van der Waals surface area contributed by atoms with Gasteiger partial charge in [-0.1, -0.05) is 23.2 Å². The fourth-order valence-corrected chi connectivity index (χ4v) is 3.43. The van der Waals surface area contributed by atoms with E-state index in [9.17, 15) is 8.42 Å². The minimum atomic E-state index is -3.85. The molecule has 0 bridgehead atoms. The first-order chi connectivity index (χ1) is 9.31. The van der Waals surface area contributed by atoms with Crippen LogP contribution in [0, 0.1) is 13.8 Å². The van der Waals surface area contributed by atoms with Crippen LogP contribution in [-0.2, 0) is 10.0 Å². The Morgan fingerprint density at radius 1 is 1.05 bits per heavy atom. The molecular weight excluding hydrogens is 321 g/mol. The van der Waals surface area contributed by atoms with Gasteiger partial charge in [0.25, 0.3) is 10.0 Å². The summed E-state index contributed by atoms with van der Waals surface area (Å²) in [4.78, 5) is 7.85. The highest BCUT2D eigenvalue weighted by atomic mass is 35.5. The first kappa shape index (κ1) is 15.0. The molecule has 20 heavy (non-hydrogen) atoms. The molecule has 0 amide bonds. The minimum absolute atomic E-state index is 0.0499. The van der Waals surface area contributed by atoms with Crippen molar-refractivity contribution in [2.75, 3.05) is 4.72 Å². The summed E-state index contributed by atoms with van der Waals surface area (Å²) in [5, 5.41) is 0.458. The predicted molar refractivity (Wildman–Crippen MR) is 78.8 cm³/mol. The fraction of sp³-hybridized carbons (Fsp3) is 0.167. The van der Waals surface area contributed by atoms with E-state index in [0.29, 0.717) is 16.3 Å². The monoisotopic (exact) mass is 331 g/mol. The lowest BCUT2D eigenvalue weighted by Gasteiger charge is -2.11. The topological polar surface area (TPSA) is 72.0 Å². The van der Waals surface area contributed by atoms with Gasteiger partial charge in [-0.15, -0.1) is 0 Å². The number of halogens is 2. The van der Waals surface area contributed by atoms with Crippen molar-refractivity contribution in [3.63, 3.8) is 0 Å². The minimum Gasteiger partial charge on any atom is -0.262 e. The Bertz CT molecular complexity index is 763. The molecule has 0 saturated heterocycles. The molecule has 106 valence electrons. The normalized spacial score (nSPS) is 11.4. The van der Waals surface area contributed by atoms with Crippen LogP contribution in [0.15, 0.2) is 29.4 Å². The third kappa shape index (κ3) is 3.03. The Morgan fingerprint density at radius 3 is 2.35 bits per heavy atom. The highest BCUT2D eigenvalue weighted by molar-refractivity contribution is 7.92. The van der Waals surface area contributed by atoms with E-state index in [4.69, 9.17) is 23.2 Å². The number of anilines is 1. The molecule has 2 aromatic rings. The Labute approximate surface area is 127 Å². The zero-order valence-electron chi connectivity index (χ0n) is 10.7. The third-order valence-corrected chi connectivity index (χ3v) is 4.83. The number of hydrogen-bond acceptors (Lipinski definition) is 4. The summed E-state index contributed by atoms with van der Waals surface area (Å²) in [6.45, 7) is 3.35. The molecule has 1 aromatic heterocycles. The van der Waals surface area contributed by atoms with Crippen LogP contribution in [0.3, 0.4) is 0 Å². The van der Waals surface area contributed by atoms with Gasteiger partial charge in [0.05, 0.1) is 10.7 Å². The number of aromatic nitrogens is 2. The third-order valence-electron chi connectivity index (χ3n) is 2.61. The van der Waals surface area contributed by atoms with Crippen molar-refractivity contribution in [1.29, 1.82) is 0 Å². The van der Waals surface area contributed by atoms with E-state index in [1.54, 1.807) is 13.8 Å². The van der Waals surface area contributed by atoms with Gasteiger partial charge in [0, 0.05) is 17.4 Å². The van der Waals surface area contributed by atoms with E-state index in [1.165, 1.54) is 24.5 Å². The Balaban J connectivity index is 2.47. The van der Waals surface area contributed by atoms with Gasteiger partial charge in [0.1, 0.15) is 4.90 Å². The Kier molecular flexibility index (Phi) is 4.17. The molecule has 5 nitrogen and oxygen atoms in total. The fourth-order valence-electron chi connectivity index (χ4n) is 1.53. The smallest absolute Gasteiger partial charge is 0.262 e. The van der Waals surface area contributed by atoms with Crippen molar-refractivity contribution in [2.24, 2.45) is 0 Å². The maximum absolute atomic E-state index is 12.3. The van der Waals surface area contributed by atoms with Crippen molar-refractivity contribution in [3.8, 4) is 0 Å². The summed E-state index contributed by atoms with van der Waals surface area (Å²) in [5.41, 5.74) is 1.09. The molecule has 1 N–H and O–H groups in total. The van der Waals surface area contributed by atoms with Crippen molar-refractivity contribution in [1.82, 2.24) is 9.97 Å². The van der Waals surface area contributed by atoms with Gasteiger partial charge in [0.2, 0.25) is 0 Å². The predicted octanol–water partition coefficient (Wildman–Crippen LogP) is 3.20. The molecule has 0 aliphatic carbocycles. The van der Waals surface area contributed by atoms with Gasteiger partial charge in [-0.05, 0) is 31.5 Å². The van der Waals surface area contributed by atoms with Gasteiger partial charge in [0.15, 0.2) is 5.82 Å². The Morgan fingerprint density at radius 2 is 1.70 bits per heavy atom. The first-order valence-electron chi connectivity index (χ1n) is 5.57. The Hall–Kier alpha value is -1.37. The van der Waals surface area contributed by atoms with Gasteiger partial charge in [-0.3, -0.25) is 9.71 Å². The van der Waals surface area contributed by atoms with Crippen LogP contribution >= 0.6 is 23.2 Å². The van der Waals surface area contributed by atoms with Crippen LogP contribution in [0.4, 0.5) is 5.82 Å². The molecular formula is C12H11Cl2N3O2S. The highest BCUT2D eigenvalue weighted by Gasteiger charge is 2.21. The van der Waals surface area contributed by atoms with Crippen LogP contribution in [0.1, 0.15) is 11.3 Å². The SMILES string of the molecule is Cc1cc(S(=O)(=O)Nc2nccnc2C)c(Cl)cc1Cl. The standard InChI is InChI=1S/C12H11Cl2N3O2S/c1-7-5-11(10(14)6-9(7)13)20(18,19)17-12-8(2)15-3-4-16-12/h3-6H,1-2H3,(H,16,17). The summed E-state index contributed by atoms with van der Waals surface area (Å²) in [6, 6.07) is 2.81. The summed E-state index contributed by atoms with van der Waals surface area (Å²) >= 11 is 11.9. The molecule has 0 radical (unpaired) electrons. The zero-order valence-corrected chi connectivity index (χ0v) is 13.0. The molecule has 0 fully saturated rings. The summed E-state index contributed by atoms with van der Waals surface area (Å²) in [7, 11) is -3.85. The molecule has 0 spiro atoms. The van der Waals surface area contributed by atoms with E-state index in [2.05, 4.69) is 14.7 Å². The molecule has 2 rings (SSSR count). The van der Waals surface area contributed by atoms with Crippen molar-refractivity contribution in [3.05, 3.63) is 45.8 Å². The van der Waals surface area contributed by atoms with Crippen LogP contribution in [0.25, 0.3) is 0 Å². The molecule has 0 atom stereocenters. The molecule has 8 heteroatoms. The quantitative estimate of drug-likeness (QED) is 0.937. The molecule has 0 unspecified atom stereocenters. The molecule has 1 aromatic carbocycles. The number of hydrogen-bond donors (Lipinski definition) is 1. The van der Waals surface area contributed by atoms with E-state index in [-0.39, 0.29) is 15.7 Å². The maximum Gasteiger partial charge on any atom is 0.264 e. The number of benzene rings is 1. The molecule has 0 aliphatic heterocycles. The summed E-state index contributed by atoms with van der Waals surface area (Å²) < 4.78 is 27.0. The van der Waals surface area contributed by atoms with Gasteiger partial charge < -0.3 is 0 Å². The summed E-state index contributed by atoms with van der Waals surface area (Å²) in [6.07, 6.45) is 2.88. The number of sulfonamides is 1. The number of aryl methyl sites for hydroxylation is 2. The highest BCUT2D eigenvalue weighted by Crippen LogP contribution is 2.29. The zero-order chi connectivity index (χ0) is 14.9. The van der Waals surface area contributed by atoms with Crippen LogP contribution in [0.5, 0.6) is 0 Å². The van der Waals surface area contributed by atoms with E-state index < -0.39 is 10.0 Å². The van der Waals surface area contributed by atoms with Crippen molar-refractivity contribution < 1.29 is 8.42 Å². The second-order valence-electron chi connectivity index (χ2n) is 4.13. The lowest BCUT2D eigenvalue weighted by molar-refractivity contribution is 0.601. The number of nitrogens with zero attached hydrogens (tertiary/aromatic N) is 2. The van der Waals surface area contributed by atoms with Gasteiger partial charge in [-0.25, -0.2) is 13.4 Å². The van der Waals surface area contributed by atoms with Crippen LogP contribution in [-0.4, -0.2) is 18.4 Å². The molecule has 0 saturated carbocycles. The van der Waals surface area contributed by atoms with E-state index >= 15 is 0 Å². The lowest BCUT2D eigenvalue weighted by Crippen LogP contribution is -2.16.